The first-order chi connectivity index (χ1) is 16.9. The van der Waals surface area contributed by atoms with E-state index < -0.39 is 12.1 Å². The monoisotopic (exact) mass is 478 g/mol. The predicted molar refractivity (Wildman–Crippen MR) is 128 cm³/mol. The number of aromatic amines is 1. The maximum Gasteiger partial charge on any atom is 0.407 e. The topological polar surface area (TPSA) is 122 Å². The Bertz CT molecular complexity index is 1150. The lowest BCUT2D eigenvalue weighted by molar-refractivity contribution is -0.135. The van der Waals surface area contributed by atoms with Crippen molar-refractivity contribution in [1.29, 1.82) is 0 Å². The maximum absolute atomic E-state index is 13.7. The van der Waals surface area contributed by atoms with Crippen LogP contribution in [0.15, 0.2) is 49.1 Å². The Labute approximate surface area is 204 Å². The molecule has 3 atom stereocenters. The number of likely N-dealkylation sites (tertiary alicyclic amines) is 1. The summed E-state index contributed by atoms with van der Waals surface area (Å²) in [4.78, 5) is 43.5. The molecule has 10 nitrogen and oxygen atoms in total. The molecule has 0 aliphatic carbocycles. The number of benzene rings is 1. The number of nitrogens with zero attached hydrogens (tertiary/aromatic N) is 4. The number of hydrogen-bond donors (Lipinski definition) is 2. The molecular formula is C25H30N6O4. The van der Waals surface area contributed by atoms with Gasteiger partial charge < -0.3 is 24.7 Å². The summed E-state index contributed by atoms with van der Waals surface area (Å²) in [6.07, 6.45) is 5.97. The second-order valence-corrected chi connectivity index (χ2v) is 8.93. The molecule has 3 aromatic rings. The Morgan fingerprint density at radius 3 is 2.57 bits per heavy atom. The first-order valence-electron chi connectivity index (χ1n) is 11.5. The molecule has 1 aliphatic rings. The molecule has 1 aromatic carbocycles. The molecule has 1 aliphatic heterocycles. The predicted octanol–water partition coefficient (Wildman–Crippen LogP) is 3.28. The summed E-state index contributed by atoms with van der Waals surface area (Å²) in [5.74, 6) is 0.661. The van der Waals surface area contributed by atoms with Crippen LogP contribution in [0.2, 0.25) is 0 Å². The van der Waals surface area contributed by atoms with Gasteiger partial charge >= 0.3 is 6.09 Å². The molecule has 2 N–H and O–H groups in total. The third-order valence-electron chi connectivity index (χ3n) is 6.04. The number of H-pyrrole nitrogens is 1. The highest BCUT2D eigenvalue weighted by molar-refractivity contribution is 5.86. The van der Waals surface area contributed by atoms with Gasteiger partial charge in [-0.25, -0.2) is 14.8 Å². The van der Waals surface area contributed by atoms with E-state index in [0.29, 0.717) is 24.7 Å². The number of carbonyl (C=O) groups is 2. The first-order valence-corrected chi connectivity index (χ1v) is 11.5. The van der Waals surface area contributed by atoms with Crippen LogP contribution >= 0.6 is 0 Å². The lowest BCUT2D eigenvalue weighted by atomic mass is 10.0. The summed E-state index contributed by atoms with van der Waals surface area (Å²) in [7, 11) is 1.27. The van der Waals surface area contributed by atoms with Crippen molar-refractivity contribution in [3.05, 3.63) is 60.4 Å². The van der Waals surface area contributed by atoms with Gasteiger partial charge in [-0.15, -0.1) is 0 Å². The van der Waals surface area contributed by atoms with E-state index in [1.807, 2.05) is 45.0 Å². The minimum atomic E-state index is -0.758. The number of hydrogen-bond acceptors (Lipinski definition) is 7. The van der Waals surface area contributed by atoms with Gasteiger partial charge in [0.25, 0.3) is 0 Å². The van der Waals surface area contributed by atoms with Crippen LogP contribution in [0.25, 0.3) is 11.3 Å². The molecule has 35 heavy (non-hydrogen) atoms. The van der Waals surface area contributed by atoms with E-state index in [0.717, 1.165) is 11.3 Å². The van der Waals surface area contributed by atoms with Crippen LogP contribution in [-0.2, 0) is 9.53 Å². The number of ether oxygens (including phenoxy) is 2. The second-order valence-electron chi connectivity index (χ2n) is 8.93. The van der Waals surface area contributed by atoms with Crippen LogP contribution < -0.4 is 10.1 Å². The number of alkyl carbamates (subject to hydrolysis) is 1. The standard InChI is InChI=1S/C25H30N6O4/c1-15(2)22(30-25(33)34-4)24(32)31-14-18(35-21-13-26-9-10-27-21)11-20(31)23-28-12-19(29-23)17-7-5-16(3)6-8-17/h5-10,12-13,15,18,20,22H,11,14H2,1-4H3,(H,28,29)(H,30,33). The molecule has 3 heterocycles. The van der Waals surface area contributed by atoms with Crippen molar-refractivity contribution >= 4 is 12.0 Å². The van der Waals surface area contributed by atoms with Crippen LogP contribution in [-0.4, -0.2) is 62.6 Å². The third kappa shape index (κ3) is 5.59. The van der Waals surface area contributed by atoms with Crippen LogP contribution in [0.3, 0.4) is 0 Å². The van der Waals surface area contributed by atoms with Crippen LogP contribution in [0.5, 0.6) is 5.88 Å². The van der Waals surface area contributed by atoms with Gasteiger partial charge in [0.2, 0.25) is 11.8 Å². The zero-order chi connectivity index (χ0) is 24.9. The maximum atomic E-state index is 13.7. The number of methoxy groups -OCH3 is 1. The fourth-order valence-corrected chi connectivity index (χ4v) is 4.17. The second kappa shape index (κ2) is 10.5. The highest BCUT2D eigenvalue weighted by atomic mass is 16.5. The quantitative estimate of drug-likeness (QED) is 0.534. The van der Waals surface area contributed by atoms with Gasteiger partial charge in [0.15, 0.2) is 0 Å². The van der Waals surface area contributed by atoms with E-state index in [1.165, 1.54) is 18.9 Å². The van der Waals surface area contributed by atoms with Crippen LogP contribution in [0.4, 0.5) is 4.79 Å². The average molecular weight is 479 g/mol. The Hall–Kier alpha value is -3.95. The summed E-state index contributed by atoms with van der Waals surface area (Å²) in [5.41, 5.74) is 3.03. The van der Waals surface area contributed by atoms with E-state index in [4.69, 9.17) is 9.47 Å². The molecule has 0 spiro atoms. The molecule has 10 heteroatoms. The lowest BCUT2D eigenvalue weighted by Gasteiger charge is -2.29. The van der Waals surface area contributed by atoms with Crippen molar-refractivity contribution in [2.45, 2.75) is 45.4 Å². The van der Waals surface area contributed by atoms with E-state index >= 15 is 0 Å². The number of aryl methyl sites for hydroxylation is 1. The third-order valence-corrected chi connectivity index (χ3v) is 6.04. The Morgan fingerprint density at radius 1 is 1.14 bits per heavy atom. The van der Waals surface area contributed by atoms with Crippen molar-refractivity contribution < 1.29 is 19.1 Å². The van der Waals surface area contributed by atoms with E-state index in [9.17, 15) is 9.59 Å². The van der Waals surface area contributed by atoms with Gasteiger partial charge in [0.1, 0.15) is 18.0 Å². The molecule has 0 radical (unpaired) electrons. The Kier molecular flexibility index (Phi) is 7.28. The van der Waals surface area contributed by atoms with Crippen molar-refractivity contribution in [1.82, 2.24) is 30.2 Å². The number of rotatable bonds is 7. The molecule has 2 aromatic heterocycles. The van der Waals surface area contributed by atoms with E-state index in [-0.39, 0.29) is 24.0 Å². The minimum Gasteiger partial charge on any atom is -0.471 e. The fourth-order valence-electron chi connectivity index (χ4n) is 4.17. The first kappa shape index (κ1) is 24.2. The van der Waals surface area contributed by atoms with Crippen molar-refractivity contribution in [3.63, 3.8) is 0 Å². The lowest BCUT2D eigenvalue weighted by Crippen LogP contribution is -2.51. The molecule has 1 fully saturated rings. The molecule has 4 rings (SSSR count). The molecule has 184 valence electrons. The number of amides is 2. The van der Waals surface area contributed by atoms with E-state index in [2.05, 4.69) is 25.3 Å². The summed E-state index contributed by atoms with van der Waals surface area (Å²) in [6.45, 7) is 6.10. The fraction of sp³-hybridized carbons (Fsp3) is 0.400. The molecule has 0 bridgehead atoms. The minimum absolute atomic E-state index is 0.151. The number of imidazole rings is 1. The van der Waals surface area contributed by atoms with Gasteiger partial charge in [-0.2, -0.15) is 0 Å². The van der Waals surface area contributed by atoms with Gasteiger partial charge in [-0.05, 0) is 18.4 Å². The highest BCUT2D eigenvalue weighted by Crippen LogP contribution is 2.34. The van der Waals surface area contributed by atoms with Crippen molar-refractivity contribution in [2.75, 3.05) is 13.7 Å². The smallest absolute Gasteiger partial charge is 0.407 e. The molecule has 3 unspecified atom stereocenters. The average Bonchev–Trinajstić information content (AvgIpc) is 3.50. The molecule has 0 saturated carbocycles. The Morgan fingerprint density at radius 2 is 1.91 bits per heavy atom. The highest BCUT2D eigenvalue weighted by Gasteiger charge is 2.42. The van der Waals surface area contributed by atoms with Crippen molar-refractivity contribution in [2.24, 2.45) is 5.92 Å². The van der Waals surface area contributed by atoms with Gasteiger partial charge in [-0.3, -0.25) is 9.78 Å². The SMILES string of the molecule is COC(=O)NC(C(=O)N1CC(Oc2cnccn2)CC1c1ncc(-c2ccc(C)cc2)[nH]1)C(C)C. The summed E-state index contributed by atoms with van der Waals surface area (Å²) in [5, 5.41) is 2.67. The number of nitrogens with one attached hydrogen (secondary N) is 2. The normalized spacial score (nSPS) is 18.4. The van der Waals surface area contributed by atoms with Gasteiger partial charge in [0, 0.05) is 18.8 Å². The van der Waals surface area contributed by atoms with E-state index in [1.54, 1.807) is 23.5 Å². The zero-order valence-corrected chi connectivity index (χ0v) is 20.3. The van der Waals surface area contributed by atoms with Gasteiger partial charge in [0.05, 0.1) is 37.8 Å². The number of aromatic nitrogens is 4. The Balaban J connectivity index is 1.61. The number of carbonyl (C=O) groups excluding carboxylic acids is 2. The molecule has 2 amide bonds. The van der Waals surface area contributed by atoms with Gasteiger partial charge in [-0.1, -0.05) is 43.7 Å². The summed E-state index contributed by atoms with van der Waals surface area (Å²) in [6, 6.07) is 7.00. The summed E-state index contributed by atoms with van der Waals surface area (Å²) < 4.78 is 10.8. The molecular weight excluding hydrogens is 448 g/mol. The van der Waals surface area contributed by atoms with Crippen molar-refractivity contribution in [3.8, 4) is 17.1 Å². The van der Waals surface area contributed by atoms with Crippen LogP contribution in [0.1, 0.15) is 37.7 Å². The van der Waals surface area contributed by atoms with Crippen LogP contribution in [0, 0.1) is 12.8 Å². The largest absolute Gasteiger partial charge is 0.471 e. The molecule has 1 saturated heterocycles. The summed E-state index contributed by atoms with van der Waals surface area (Å²) >= 11 is 0. The zero-order valence-electron chi connectivity index (χ0n) is 20.3.